The largest absolute Gasteiger partial charge is 0.494 e. The number of aliphatic hydroxyl groups is 6. The average Bonchev–Trinajstić information content (AvgIpc) is 1.53. The molecular formula is C61H91N15O14. The molecule has 0 spiro atoms. The third-order valence-corrected chi connectivity index (χ3v) is 18.1. The predicted molar refractivity (Wildman–Crippen MR) is 330 cm³/mol. The van der Waals surface area contributed by atoms with Crippen LogP contribution >= 0.6 is 0 Å². The molecule has 494 valence electrons. The summed E-state index contributed by atoms with van der Waals surface area (Å²) in [6.45, 7) is 5.13. The monoisotopic (exact) mass is 1260 g/mol. The molecule has 11 rings (SSSR count). The number of benzene rings is 3. The SMILES string of the molecule is CN1CCN(c2ccc3nc(-c4ccc5nc(-c6ccc(OCCCCCCCCCCOCc7cn(C[C@H]8O[C@@H](O[C@@H]9[C@@H](O)[C@H](N)C[C@H](N)[C@H]9O[C@H]9O[C@H](CN)[C@@H](O)[C@H](O)[C@H]9N)[C@H](O)[C@@H]8O[C@H]8OC(CN)[C@@H](O)[C@H](O)[C@H]8N)nn7)cc6)[nH]c5c4)[nH]c3c2)CC1. The van der Waals surface area contributed by atoms with Crippen molar-refractivity contribution in [1.29, 1.82) is 0 Å². The fourth-order valence-corrected chi connectivity index (χ4v) is 12.6. The molecule has 1 saturated carbocycles. The highest BCUT2D eigenvalue weighted by Crippen LogP contribution is 2.36. The van der Waals surface area contributed by atoms with Gasteiger partial charge in [0.1, 0.15) is 90.2 Å². The van der Waals surface area contributed by atoms with E-state index in [1.54, 1.807) is 6.20 Å². The number of piperazine rings is 1. The number of hydrogen-bond acceptors (Lipinski definition) is 26. The van der Waals surface area contributed by atoms with Gasteiger partial charge in [0.25, 0.3) is 0 Å². The summed E-state index contributed by atoms with van der Waals surface area (Å²) in [6.07, 6.45) is -9.84. The molecule has 5 fully saturated rings. The number of aromatic nitrogens is 7. The van der Waals surface area contributed by atoms with Crippen molar-refractivity contribution in [2.24, 2.45) is 34.4 Å². The van der Waals surface area contributed by atoms with Gasteiger partial charge in [0.2, 0.25) is 0 Å². The molecule has 0 radical (unpaired) electrons. The summed E-state index contributed by atoms with van der Waals surface area (Å²) in [7, 11) is 2.17. The molecule has 90 heavy (non-hydrogen) atoms. The lowest BCUT2D eigenvalue weighted by Crippen LogP contribution is -2.68. The second kappa shape index (κ2) is 30.1. The van der Waals surface area contributed by atoms with Crippen molar-refractivity contribution in [2.75, 3.05) is 64.4 Å². The number of nitrogens with two attached hydrogens (primary N) is 6. The zero-order valence-corrected chi connectivity index (χ0v) is 50.8. The van der Waals surface area contributed by atoms with Crippen molar-refractivity contribution in [2.45, 2.75) is 187 Å². The zero-order valence-electron chi connectivity index (χ0n) is 50.8. The van der Waals surface area contributed by atoms with Gasteiger partial charge in [0.15, 0.2) is 18.9 Å². The third-order valence-electron chi connectivity index (χ3n) is 18.1. The molecule has 6 aromatic rings. The molecule has 1 unspecified atom stereocenters. The Hall–Kier alpha value is -5.46. The summed E-state index contributed by atoms with van der Waals surface area (Å²) in [6, 6.07) is 16.4. The molecule has 19 atom stereocenters. The maximum Gasteiger partial charge on any atom is 0.187 e. The van der Waals surface area contributed by atoms with Gasteiger partial charge in [0, 0.05) is 74.8 Å². The van der Waals surface area contributed by atoms with E-state index in [0.717, 1.165) is 128 Å². The van der Waals surface area contributed by atoms with Crippen LogP contribution in [0.25, 0.3) is 44.8 Å². The standard InChI is InChI=1S/C61H91N15O14/c1-74-18-20-75(21-19-74)35-13-17-40-42(25-35)71-58(69-40)33-12-16-39-41(24-33)70-57(68-39)32-10-14-36(15-11-32)84-23-9-7-5-3-2-4-6-8-22-83-31-34-29-76(73-72-34)30-45-55(89-60-47(67)52(81)50(79)44(28-63)86-60)53(82)61(87-45)90-56-48(77)37(64)26-38(65)54(56)88-59-46(66)51(80)49(78)43(27-62)85-59/h10-17,24-25,29,37-38,43-56,59-61,77-82H,2-9,18-23,26-28,30-31,62-67H2,1H3,(H,68,70)(H,69,71)/t37-,38+,43-,44?,45-,46-,47-,48+,49-,50-,51-,52-,53-,54-,55-,56-,59-,60-,61+/m1/s1. The summed E-state index contributed by atoms with van der Waals surface area (Å²) < 4.78 is 50.3. The van der Waals surface area contributed by atoms with Gasteiger partial charge in [-0.05, 0) is 87.0 Å². The quantitative estimate of drug-likeness (QED) is 0.0274. The predicted octanol–water partition coefficient (Wildman–Crippen LogP) is -1.04. The Balaban J connectivity index is 0.592. The van der Waals surface area contributed by atoms with Gasteiger partial charge < -0.3 is 123 Å². The van der Waals surface area contributed by atoms with E-state index in [1.807, 2.05) is 30.3 Å². The molecule has 0 amide bonds. The highest BCUT2D eigenvalue weighted by molar-refractivity contribution is 5.87. The van der Waals surface area contributed by atoms with Crippen LogP contribution in [0, 0.1) is 0 Å². The van der Waals surface area contributed by atoms with Crippen LogP contribution in [0.15, 0.2) is 66.9 Å². The van der Waals surface area contributed by atoms with Crippen LogP contribution in [0.1, 0.15) is 63.5 Å². The lowest BCUT2D eigenvalue weighted by Gasteiger charge is -2.47. The second-order valence-corrected chi connectivity index (χ2v) is 24.6. The van der Waals surface area contributed by atoms with Crippen LogP contribution in [0.5, 0.6) is 5.75 Å². The van der Waals surface area contributed by atoms with Gasteiger partial charge in [-0.1, -0.05) is 43.7 Å². The summed E-state index contributed by atoms with van der Waals surface area (Å²) in [4.78, 5) is 21.6. The van der Waals surface area contributed by atoms with Crippen LogP contribution in [0.2, 0.25) is 0 Å². The molecule has 7 heterocycles. The van der Waals surface area contributed by atoms with Gasteiger partial charge >= 0.3 is 0 Å². The van der Waals surface area contributed by atoms with Crippen LogP contribution in [-0.2, 0) is 46.3 Å². The van der Waals surface area contributed by atoms with E-state index in [1.165, 1.54) is 10.4 Å². The van der Waals surface area contributed by atoms with Gasteiger partial charge in [-0.25, -0.2) is 14.6 Å². The fraction of sp³-hybridized carbons (Fsp3) is 0.639. The first-order valence-electron chi connectivity index (χ1n) is 31.6. The molecule has 20 N–H and O–H groups in total. The number of aliphatic hydroxyl groups excluding tert-OH is 6. The molecule has 1 aliphatic carbocycles. The number of imidazole rings is 2. The fourth-order valence-electron chi connectivity index (χ4n) is 12.6. The molecule has 29 nitrogen and oxygen atoms in total. The first-order chi connectivity index (χ1) is 43.5. The Morgan fingerprint density at radius 3 is 1.77 bits per heavy atom. The van der Waals surface area contributed by atoms with Crippen molar-refractivity contribution in [3.8, 4) is 28.5 Å². The molecular weight excluding hydrogens is 1170 g/mol. The van der Waals surface area contributed by atoms with Crippen molar-refractivity contribution < 1.29 is 68.5 Å². The number of hydrogen-bond donors (Lipinski definition) is 14. The summed E-state index contributed by atoms with van der Waals surface area (Å²) in [5.74, 6) is 2.45. The van der Waals surface area contributed by atoms with Gasteiger partial charge in [-0.15, -0.1) is 5.10 Å². The molecule has 0 bridgehead atoms. The van der Waals surface area contributed by atoms with E-state index in [9.17, 15) is 30.6 Å². The van der Waals surface area contributed by atoms with Crippen LogP contribution in [-0.4, -0.2) is 246 Å². The maximum atomic E-state index is 11.9. The van der Waals surface area contributed by atoms with Crippen LogP contribution in [0.3, 0.4) is 0 Å². The highest BCUT2D eigenvalue weighted by Gasteiger charge is 2.55. The molecule has 29 heteroatoms. The van der Waals surface area contributed by atoms with E-state index in [0.29, 0.717) is 18.9 Å². The number of rotatable bonds is 27. The molecule has 5 aliphatic rings. The van der Waals surface area contributed by atoms with Crippen molar-refractivity contribution in [3.05, 3.63) is 72.6 Å². The minimum atomic E-state index is -1.62. The Labute approximate surface area is 521 Å². The number of unbranched alkanes of at least 4 members (excludes halogenated alkanes) is 7. The Morgan fingerprint density at radius 1 is 0.567 bits per heavy atom. The second-order valence-electron chi connectivity index (χ2n) is 24.6. The Bertz CT molecular complexity index is 3210. The van der Waals surface area contributed by atoms with Crippen molar-refractivity contribution in [3.63, 3.8) is 0 Å². The summed E-state index contributed by atoms with van der Waals surface area (Å²) >= 11 is 0. The lowest BCUT2D eigenvalue weighted by atomic mass is 9.84. The number of ether oxygens (including phenoxy) is 8. The minimum Gasteiger partial charge on any atom is -0.494 e. The van der Waals surface area contributed by atoms with E-state index in [2.05, 4.69) is 67.5 Å². The van der Waals surface area contributed by atoms with E-state index >= 15 is 0 Å². The van der Waals surface area contributed by atoms with Crippen LogP contribution < -0.4 is 44.0 Å². The zero-order chi connectivity index (χ0) is 63.2. The molecule has 4 saturated heterocycles. The Morgan fingerprint density at radius 2 is 1.12 bits per heavy atom. The first-order valence-corrected chi connectivity index (χ1v) is 31.6. The van der Waals surface area contributed by atoms with Gasteiger partial charge in [-0.2, -0.15) is 0 Å². The van der Waals surface area contributed by atoms with Crippen molar-refractivity contribution in [1.82, 2.24) is 39.8 Å². The minimum absolute atomic E-state index is 0.0563. The average molecular weight is 1260 g/mol. The van der Waals surface area contributed by atoms with Gasteiger partial charge in [-0.3, -0.25) is 0 Å². The summed E-state index contributed by atoms with van der Waals surface area (Å²) in [5, 5.41) is 74.4. The third kappa shape index (κ3) is 15.3. The number of nitrogens with zero attached hydrogens (tertiary/aromatic N) is 7. The first kappa shape index (κ1) is 66.0. The van der Waals surface area contributed by atoms with E-state index < -0.39 is 116 Å². The van der Waals surface area contributed by atoms with E-state index in [-0.39, 0.29) is 32.7 Å². The topological polar surface area (TPSA) is 446 Å². The number of fused-ring (bicyclic) bond motifs is 2. The summed E-state index contributed by atoms with van der Waals surface area (Å²) in [5.41, 5.74) is 44.5. The maximum absolute atomic E-state index is 11.9. The highest BCUT2D eigenvalue weighted by atomic mass is 16.8. The molecule has 3 aromatic heterocycles. The molecule has 4 aliphatic heterocycles. The van der Waals surface area contributed by atoms with Gasteiger partial charge in [0.05, 0.1) is 66.2 Å². The number of anilines is 1. The normalized spacial score (nSPS) is 32.8. The lowest BCUT2D eigenvalue weighted by molar-refractivity contribution is -0.306. The van der Waals surface area contributed by atoms with Crippen molar-refractivity contribution >= 4 is 27.8 Å². The number of likely N-dealkylation sites (N-methyl/N-ethyl adjacent to an activating group) is 1. The number of aromatic amines is 2. The number of H-pyrrole nitrogens is 2. The Kier molecular flexibility index (Phi) is 22.1. The van der Waals surface area contributed by atoms with Crippen LogP contribution in [0.4, 0.5) is 5.69 Å². The molecule has 3 aromatic carbocycles. The number of nitrogens with one attached hydrogen (secondary N) is 2. The smallest absolute Gasteiger partial charge is 0.187 e. The van der Waals surface area contributed by atoms with E-state index in [4.69, 9.17) is 82.3 Å².